The van der Waals surface area contributed by atoms with Crippen LogP contribution in [0.3, 0.4) is 0 Å². The number of rotatable bonds is 3. The van der Waals surface area contributed by atoms with Crippen LogP contribution in [0.1, 0.15) is 11.1 Å². The van der Waals surface area contributed by atoms with Crippen molar-refractivity contribution in [3.63, 3.8) is 0 Å². The highest BCUT2D eigenvalue weighted by Gasteiger charge is 1.98. The highest BCUT2D eigenvalue weighted by Crippen LogP contribution is 2.18. The minimum Gasteiger partial charge on any atom is -0.303 e. The first-order valence-corrected chi connectivity index (χ1v) is 4.00. The summed E-state index contributed by atoms with van der Waals surface area (Å²) in [5.74, 6) is 0. The second-order valence-corrected chi connectivity index (χ2v) is 2.83. The lowest BCUT2D eigenvalue weighted by Crippen LogP contribution is -1.87. The summed E-state index contributed by atoms with van der Waals surface area (Å²) in [5.41, 5.74) is 1.83. The first kappa shape index (κ1) is 9.01. The van der Waals surface area contributed by atoms with Crippen molar-refractivity contribution in [2.75, 3.05) is 0 Å². The van der Waals surface area contributed by atoms with E-state index in [0.717, 1.165) is 17.4 Å². The zero-order valence-corrected chi connectivity index (χ0v) is 7.34. The fourth-order valence-electron chi connectivity index (χ4n) is 0.946. The third-order valence-corrected chi connectivity index (χ3v) is 1.97. The van der Waals surface area contributed by atoms with E-state index in [0.29, 0.717) is 11.4 Å². The Morgan fingerprint density at radius 2 is 2.25 bits per heavy atom. The Balaban J connectivity index is 3.02. The van der Waals surface area contributed by atoms with Gasteiger partial charge in [-0.05, 0) is 17.2 Å². The van der Waals surface area contributed by atoms with Gasteiger partial charge < -0.3 is 4.79 Å². The lowest BCUT2D eigenvalue weighted by molar-refractivity contribution is -0.107. The van der Waals surface area contributed by atoms with Crippen molar-refractivity contribution >= 4 is 24.0 Å². The van der Waals surface area contributed by atoms with Gasteiger partial charge in [0.25, 0.3) is 0 Å². The van der Waals surface area contributed by atoms with Gasteiger partial charge in [0, 0.05) is 11.4 Å². The molecule has 2 heteroatoms. The lowest BCUT2D eigenvalue weighted by atomic mass is 10.1. The monoisotopic (exact) mass is 180 g/mol. The van der Waals surface area contributed by atoms with E-state index in [2.05, 4.69) is 6.58 Å². The minimum atomic E-state index is 0.371. The molecule has 0 aromatic heterocycles. The van der Waals surface area contributed by atoms with E-state index in [9.17, 15) is 4.79 Å². The molecule has 0 radical (unpaired) electrons. The van der Waals surface area contributed by atoms with Crippen LogP contribution in [0.5, 0.6) is 0 Å². The predicted molar refractivity (Wildman–Crippen MR) is 51.3 cm³/mol. The first-order chi connectivity index (χ1) is 5.77. The molecular weight excluding hydrogens is 172 g/mol. The lowest BCUT2D eigenvalue weighted by Gasteiger charge is -2.00. The summed E-state index contributed by atoms with van der Waals surface area (Å²) >= 11 is 5.88. The molecule has 0 aliphatic heterocycles. The minimum absolute atomic E-state index is 0.371. The van der Waals surface area contributed by atoms with E-state index in [1.54, 1.807) is 12.1 Å². The maximum Gasteiger partial charge on any atom is 0.124 e. The molecule has 0 N–H and O–H groups in total. The molecule has 62 valence electrons. The molecular formula is C10H9ClO. The van der Waals surface area contributed by atoms with Crippen LogP contribution in [0.25, 0.3) is 6.08 Å². The Kier molecular flexibility index (Phi) is 3.06. The van der Waals surface area contributed by atoms with Gasteiger partial charge in [-0.3, -0.25) is 0 Å². The van der Waals surface area contributed by atoms with Crippen LogP contribution < -0.4 is 0 Å². The van der Waals surface area contributed by atoms with Crippen molar-refractivity contribution in [2.24, 2.45) is 0 Å². The highest BCUT2D eigenvalue weighted by atomic mass is 35.5. The number of halogens is 1. The molecule has 1 rings (SSSR count). The SMILES string of the molecule is C=Cc1ccc(CC=O)c(Cl)c1. The molecule has 1 nitrogen and oxygen atoms in total. The van der Waals surface area contributed by atoms with Gasteiger partial charge in [-0.25, -0.2) is 0 Å². The smallest absolute Gasteiger partial charge is 0.124 e. The van der Waals surface area contributed by atoms with Crippen LogP contribution in [-0.2, 0) is 11.2 Å². The van der Waals surface area contributed by atoms with Gasteiger partial charge in [-0.1, -0.05) is 36.4 Å². The van der Waals surface area contributed by atoms with Gasteiger partial charge in [-0.15, -0.1) is 0 Å². The van der Waals surface area contributed by atoms with Crippen molar-refractivity contribution in [1.82, 2.24) is 0 Å². The molecule has 0 heterocycles. The number of hydrogen-bond donors (Lipinski definition) is 0. The van der Waals surface area contributed by atoms with Crippen molar-refractivity contribution in [1.29, 1.82) is 0 Å². The standard InChI is InChI=1S/C10H9ClO/c1-2-8-3-4-9(5-6-12)10(11)7-8/h2-4,6-7H,1,5H2. The van der Waals surface area contributed by atoms with Gasteiger partial charge in [0.05, 0.1) is 0 Å². The zero-order valence-electron chi connectivity index (χ0n) is 6.59. The van der Waals surface area contributed by atoms with Crippen LogP contribution in [-0.4, -0.2) is 6.29 Å². The van der Waals surface area contributed by atoms with E-state index in [-0.39, 0.29) is 0 Å². The van der Waals surface area contributed by atoms with Crippen LogP contribution in [0.15, 0.2) is 24.8 Å². The Morgan fingerprint density at radius 3 is 2.75 bits per heavy atom. The van der Waals surface area contributed by atoms with E-state index in [1.807, 2.05) is 12.1 Å². The summed E-state index contributed by atoms with van der Waals surface area (Å²) in [7, 11) is 0. The molecule has 0 atom stereocenters. The molecule has 0 unspecified atom stereocenters. The third-order valence-electron chi connectivity index (χ3n) is 1.62. The zero-order chi connectivity index (χ0) is 8.97. The van der Waals surface area contributed by atoms with Crippen LogP contribution in [0.4, 0.5) is 0 Å². The van der Waals surface area contributed by atoms with Gasteiger partial charge in [0.2, 0.25) is 0 Å². The molecule has 0 bridgehead atoms. The van der Waals surface area contributed by atoms with E-state index >= 15 is 0 Å². The molecule has 1 aromatic rings. The summed E-state index contributed by atoms with van der Waals surface area (Å²) in [6.07, 6.45) is 2.93. The van der Waals surface area contributed by atoms with Gasteiger partial charge in [-0.2, -0.15) is 0 Å². The fraction of sp³-hybridized carbons (Fsp3) is 0.100. The molecule has 0 aliphatic carbocycles. The molecule has 0 amide bonds. The molecule has 0 saturated heterocycles. The third kappa shape index (κ3) is 1.95. The average molecular weight is 181 g/mol. The summed E-state index contributed by atoms with van der Waals surface area (Å²) in [6.45, 7) is 3.62. The molecule has 0 spiro atoms. The normalized spacial score (nSPS) is 9.42. The maximum atomic E-state index is 10.2. The second kappa shape index (κ2) is 4.07. The molecule has 12 heavy (non-hydrogen) atoms. The van der Waals surface area contributed by atoms with E-state index in [1.165, 1.54) is 0 Å². The Bertz CT molecular complexity index is 305. The molecule has 0 fully saturated rings. The van der Waals surface area contributed by atoms with Crippen molar-refractivity contribution in [3.05, 3.63) is 40.9 Å². The quantitative estimate of drug-likeness (QED) is 0.654. The van der Waals surface area contributed by atoms with Gasteiger partial charge in [0.15, 0.2) is 0 Å². The summed E-state index contributed by atoms with van der Waals surface area (Å²) in [4.78, 5) is 10.2. The number of carbonyl (C=O) groups excluding carboxylic acids is 1. The molecule has 0 aliphatic rings. The van der Waals surface area contributed by atoms with Gasteiger partial charge >= 0.3 is 0 Å². The summed E-state index contributed by atoms with van der Waals surface area (Å²) in [5, 5.41) is 0.625. The number of hydrogen-bond acceptors (Lipinski definition) is 1. The highest BCUT2D eigenvalue weighted by molar-refractivity contribution is 6.31. The van der Waals surface area contributed by atoms with Crippen LogP contribution in [0.2, 0.25) is 5.02 Å². The van der Waals surface area contributed by atoms with Gasteiger partial charge in [0.1, 0.15) is 6.29 Å². The van der Waals surface area contributed by atoms with Crippen LogP contribution in [0, 0.1) is 0 Å². The summed E-state index contributed by atoms with van der Waals surface area (Å²) < 4.78 is 0. The number of carbonyl (C=O) groups is 1. The maximum absolute atomic E-state index is 10.2. The summed E-state index contributed by atoms with van der Waals surface area (Å²) in [6, 6.07) is 5.53. The Hall–Kier alpha value is -1.08. The predicted octanol–water partition coefficient (Wildman–Crippen LogP) is 2.72. The molecule has 0 saturated carbocycles. The topological polar surface area (TPSA) is 17.1 Å². The van der Waals surface area contributed by atoms with E-state index < -0.39 is 0 Å². The first-order valence-electron chi connectivity index (χ1n) is 3.62. The average Bonchev–Trinajstić information content (AvgIpc) is 2.09. The largest absolute Gasteiger partial charge is 0.303 e. The second-order valence-electron chi connectivity index (χ2n) is 2.43. The Labute approximate surface area is 76.7 Å². The molecule has 1 aromatic carbocycles. The van der Waals surface area contributed by atoms with Crippen molar-refractivity contribution in [2.45, 2.75) is 6.42 Å². The van der Waals surface area contributed by atoms with Crippen molar-refractivity contribution < 1.29 is 4.79 Å². The van der Waals surface area contributed by atoms with E-state index in [4.69, 9.17) is 11.6 Å². The van der Waals surface area contributed by atoms with Crippen molar-refractivity contribution in [3.8, 4) is 0 Å². The van der Waals surface area contributed by atoms with Crippen LogP contribution >= 0.6 is 11.6 Å². The number of aldehydes is 1. The fourth-order valence-corrected chi connectivity index (χ4v) is 1.21. The number of benzene rings is 1. The Morgan fingerprint density at radius 1 is 1.50 bits per heavy atom.